The first-order chi connectivity index (χ1) is 7.15. The van der Waals surface area contributed by atoms with Crippen molar-refractivity contribution in [2.45, 2.75) is 58.7 Å². The summed E-state index contributed by atoms with van der Waals surface area (Å²) in [5.74, 6) is 0. The van der Waals surface area contributed by atoms with Crippen molar-refractivity contribution in [3.63, 3.8) is 0 Å². The van der Waals surface area contributed by atoms with Crippen molar-refractivity contribution in [2.24, 2.45) is 0 Å². The van der Waals surface area contributed by atoms with Gasteiger partial charge >= 0.3 is 0 Å². The predicted molar refractivity (Wildman–Crippen MR) is 64.0 cm³/mol. The SMILES string of the molecule is CC[C@H]1Cc2[nH]ccc2[C@@H](C)N1C(C)C. The fraction of sp³-hybridized carbons (Fsp3) is 0.692. The summed E-state index contributed by atoms with van der Waals surface area (Å²) in [6, 6.07) is 4.13. The molecule has 0 amide bonds. The second-order valence-electron chi connectivity index (χ2n) is 4.89. The van der Waals surface area contributed by atoms with Gasteiger partial charge in [0.25, 0.3) is 0 Å². The van der Waals surface area contributed by atoms with Crippen LogP contribution in [0.5, 0.6) is 0 Å². The molecule has 0 spiro atoms. The van der Waals surface area contributed by atoms with Gasteiger partial charge in [0.05, 0.1) is 0 Å². The Hall–Kier alpha value is -0.760. The summed E-state index contributed by atoms with van der Waals surface area (Å²) < 4.78 is 0. The highest BCUT2D eigenvalue weighted by atomic mass is 15.2. The van der Waals surface area contributed by atoms with Crippen LogP contribution < -0.4 is 0 Å². The van der Waals surface area contributed by atoms with E-state index in [0.717, 1.165) is 0 Å². The van der Waals surface area contributed by atoms with E-state index in [1.807, 2.05) is 0 Å². The first-order valence-electron chi connectivity index (χ1n) is 6.08. The van der Waals surface area contributed by atoms with Gasteiger partial charge in [-0.05, 0) is 38.8 Å². The van der Waals surface area contributed by atoms with E-state index in [9.17, 15) is 0 Å². The third kappa shape index (κ3) is 1.71. The van der Waals surface area contributed by atoms with Crippen molar-refractivity contribution in [1.82, 2.24) is 9.88 Å². The molecule has 0 bridgehead atoms. The number of fused-ring (bicyclic) bond motifs is 1. The van der Waals surface area contributed by atoms with E-state index in [4.69, 9.17) is 0 Å². The van der Waals surface area contributed by atoms with Crippen molar-refractivity contribution < 1.29 is 0 Å². The van der Waals surface area contributed by atoms with E-state index >= 15 is 0 Å². The lowest BCUT2D eigenvalue weighted by atomic mass is 9.91. The molecule has 0 radical (unpaired) electrons. The Morgan fingerprint density at radius 1 is 1.53 bits per heavy atom. The van der Waals surface area contributed by atoms with Gasteiger partial charge in [-0.15, -0.1) is 0 Å². The van der Waals surface area contributed by atoms with E-state index in [0.29, 0.717) is 18.1 Å². The summed E-state index contributed by atoms with van der Waals surface area (Å²) in [6.45, 7) is 9.23. The highest BCUT2D eigenvalue weighted by Crippen LogP contribution is 2.34. The molecular formula is C13H22N2. The van der Waals surface area contributed by atoms with Crippen LogP contribution >= 0.6 is 0 Å². The first-order valence-corrected chi connectivity index (χ1v) is 6.08. The van der Waals surface area contributed by atoms with E-state index < -0.39 is 0 Å². The Balaban J connectivity index is 2.33. The molecule has 0 unspecified atom stereocenters. The Morgan fingerprint density at radius 3 is 2.87 bits per heavy atom. The third-order valence-electron chi connectivity index (χ3n) is 3.70. The average Bonchev–Trinajstić information content (AvgIpc) is 2.64. The molecule has 2 heterocycles. The van der Waals surface area contributed by atoms with E-state index in [-0.39, 0.29) is 0 Å². The van der Waals surface area contributed by atoms with Crippen LogP contribution in [0.25, 0.3) is 0 Å². The Bertz CT molecular complexity index is 327. The van der Waals surface area contributed by atoms with Gasteiger partial charge in [0.2, 0.25) is 0 Å². The van der Waals surface area contributed by atoms with Crippen LogP contribution in [0.2, 0.25) is 0 Å². The predicted octanol–water partition coefficient (Wildman–Crippen LogP) is 3.12. The Morgan fingerprint density at radius 2 is 2.27 bits per heavy atom. The number of nitrogens with one attached hydrogen (secondary N) is 1. The van der Waals surface area contributed by atoms with Gasteiger partial charge in [0, 0.05) is 36.4 Å². The van der Waals surface area contributed by atoms with Gasteiger partial charge in [-0.25, -0.2) is 0 Å². The molecule has 1 N–H and O–H groups in total. The van der Waals surface area contributed by atoms with Gasteiger partial charge in [-0.2, -0.15) is 0 Å². The molecule has 15 heavy (non-hydrogen) atoms. The second-order valence-corrected chi connectivity index (χ2v) is 4.89. The molecule has 2 rings (SSSR count). The van der Waals surface area contributed by atoms with E-state index in [2.05, 4.69) is 49.8 Å². The molecule has 1 aromatic rings. The molecule has 2 heteroatoms. The maximum absolute atomic E-state index is 3.39. The molecule has 2 nitrogen and oxygen atoms in total. The largest absolute Gasteiger partial charge is 0.365 e. The molecule has 0 saturated carbocycles. The smallest absolute Gasteiger partial charge is 0.0343 e. The molecule has 84 valence electrons. The topological polar surface area (TPSA) is 19.0 Å². The van der Waals surface area contributed by atoms with Crippen LogP contribution in [0.4, 0.5) is 0 Å². The normalized spacial score (nSPS) is 27.0. The summed E-state index contributed by atoms with van der Waals surface area (Å²) in [6.07, 6.45) is 4.50. The van der Waals surface area contributed by atoms with Crippen molar-refractivity contribution in [1.29, 1.82) is 0 Å². The summed E-state index contributed by atoms with van der Waals surface area (Å²) in [4.78, 5) is 6.03. The molecule has 0 aliphatic carbocycles. The molecule has 0 fully saturated rings. The Labute approximate surface area is 92.7 Å². The fourth-order valence-electron chi connectivity index (χ4n) is 3.03. The van der Waals surface area contributed by atoms with Crippen LogP contribution in [0.1, 0.15) is 51.4 Å². The lowest BCUT2D eigenvalue weighted by Gasteiger charge is -2.43. The first kappa shape index (κ1) is 10.7. The number of nitrogens with zero attached hydrogens (tertiary/aromatic N) is 1. The highest BCUT2D eigenvalue weighted by Gasteiger charge is 2.32. The van der Waals surface area contributed by atoms with Crippen LogP contribution in [-0.2, 0) is 6.42 Å². The van der Waals surface area contributed by atoms with Crippen LogP contribution in [-0.4, -0.2) is 22.0 Å². The van der Waals surface area contributed by atoms with Gasteiger partial charge in [-0.1, -0.05) is 6.92 Å². The van der Waals surface area contributed by atoms with Crippen molar-refractivity contribution in [3.05, 3.63) is 23.5 Å². The zero-order valence-electron chi connectivity index (χ0n) is 10.2. The van der Waals surface area contributed by atoms with Crippen LogP contribution in [0.15, 0.2) is 12.3 Å². The maximum Gasteiger partial charge on any atom is 0.0343 e. The minimum absolute atomic E-state index is 0.560. The number of aromatic amines is 1. The van der Waals surface area contributed by atoms with Crippen LogP contribution in [0.3, 0.4) is 0 Å². The second kappa shape index (κ2) is 4.01. The van der Waals surface area contributed by atoms with Crippen LogP contribution in [0, 0.1) is 0 Å². The number of H-pyrrole nitrogens is 1. The van der Waals surface area contributed by atoms with Crippen molar-refractivity contribution >= 4 is 0 Å². The number of aromatic nitrogens is 1. The monoisotopic (exact) mass is 206 g/mol. The van der Waals surface area contributed by atoms with Crippen molar-refractivity contribution in [2.75, 3.05) is 0 Å². The maximum atomic E-state index is 3.39. The van der Waals surface area contributed by atoms with Gasteiger partial charge in [-0.3, -0.25) is 4.90 Å². The van der Waals surface area contributed by atoms with Crippen molar-refractivity contribution in [3.8, 4) is 0 Å². The van der Waals surface area contributed by atoms with Gasteiger partial charge < -0.3 is 4.98 Å². The molecule has 1 aliphatic rings. The summed E-state index contributed by atoms with van der Waals surface area (Å²) in [5.41, 5.74) is 2.94. The number of rotatable bonds is 2. The standard InChI is InChI=1S/C13H22N2/c1-5-11-8-13-12(6-7-14-13)10(4)15(11)9(2)3/h6-7,9-11,14H,5,8H2,1-4H3/t10-,11+/m1/s1. The van der Waals surface area contributed by atoms with Gasteiger partial charge in [0.1, 0.15) is 0 Å². The zero-order chi connectivity index (χ0) is 11.0. The lowest BCUT2D eigenvalue weighted by molar-refractivity contribution is 0.0863. The average molecular weight is 206 g/mol. The molecule has 1 aliphatic heterocycles. The fourth-order valence-corrected chi connectivity index (χ4v) is 3.03. The van der Waals surface area contributed by atoms with E-state index in [1.54, 1.807) is 0 Å². The molecule has 0 aromatic carbocycles. The number of hydrogen-bond acceptors (Lipinski definition) is 1. The summed E-state index contributed by atoms with van der Waals surface area (Å²) in [5, 5.41) is 0. The molecular weight excluding hydrogens is 184 g/mol. The highest BCUT2D eigenvalue weighted by molar-refractivity contribution is 5.28. The molecule has 0 saturated heterocycles. The number of hydrogen-bond donors (Lipinski definition) is 1. The van der Waals surface area contributed by atoms with E-state index in [1.165, 1.54) is 24.1 Å². The minimum Gasteiger partial charge on any atom is -0.365 e. The third-order valence-corrected chi connectivity index (χ3v) is 3.70. The zero-order valence-corrected chi connectivity index (χ0v) is 10.2. The quantitative estimate of drug-likeness (QED) is 0.787. The lowest BCUT2D eigenvalue weighted by Crippen LogP contribution is -2.46. The van der Waals surface area contributed by atoms with Gasteiger partial charge in [0.15, 0.2) is 0 Å². The minimum atomic E-state index is 0.560. The summed E-state index contributed by atoms with van der Waals surface area (Å²) in [7, 11) is 0. The molecule has 1 aromatic heterocycles. The summed E-state index contributed by atoms with van der Waals surface area (Å²) >= 11 is 0. The molecule has 2 atom stereocenters. The Kier molecular flexibility index (Phi) is 2.87.